The summed E-state index contributed by atoms with van der Waals surface area (Å²) in [5.41, 5.74) is 2.21. The highest BCUT2D eigenvalue weighted by molar-refractivity contribution is 5.79. The number of rotatable bonds is 9. The van der Waals surface area contributed by atoms with Gasteiger partial charge in [0.15, 0.2) is 17.5 Å². The Kier molecular flexibility index (Phi) is 7.82. The van der Waals surface area contributed by atoms with Crippen molar-refractivity contribution in [3.63, 3.8) is 0 Å². The fourth-order valence-electron chi connectivity index (χ4n) is 2.45. The smallest absolute Gasteiger partial charge is 0.191 e. The first-order valence-corrected chi connectivity index (χ1v) is 8.69. The van der Waals surface area contributed by atoms with Crippen LogP contribution in [0.3, 0.4) is 0 Å². The van der Waals surface area contributed by atoms with E-state index >= 15 is 0 Å². The Morgan fingerprint density at radius 3 is 2.69 bits per heavy atom. The molecule has 0 atom stereocenters. The molecule has 0 fully saturated rings. The predicted molar refractivity (Wildman–Crippen MR) is 103 cm³/mol. The fraction of sp³-hybridized carbons (Fsp3) is 0.421. The second-order valence-electron chi connectivity index (χ2n) is 5.79. The first kappa shape index (κ1) is 19.7. The number of aromatic nitrogens is 1. The van der Waals surface area contributed by atoms with Crippen LogP contribution in [0.2, 0.25) is 0 Å². The van der Waals surface area contributed by atoms with Gasteiger partial charge in [-0.1, -0.05) is 6.07 Å². The number of aliphatic hydroxyl groups excluding tert-OH is 1. The molecule has 0 spiro atoms. The van der Waals surface area contributed by atoms with Gasteiger partial charge >= 0.3 is 0 Å². The molecule has 0 radical (unpaired) electrons. The van der Waals surface area contributed by atoms with E-state index in [1.165, 1.54) is 0 Å². The molecule has 0 saturated carbocycles. The zero-order chi connectivity index (χ0) is 18.8. The molecule has 26 heavy (non-hydrogen) atoms. The standard InChI is InChI=1S/C19H28N4O3/c1-4-20-19(22-13-16-7-8-23(2)14-16)21-12-15-5-6-17(26-10-9-24)18(11-15)25-3/h5-8,11,14,24H,4,9-10,12-13H2,1-3H3,(H2,20,21,22). The highest BCUT2D eigenvalue weighted by atomic mass is 16.5. The molecular weight excluding hydrogens is 332 g/mol. The van der Waals surface area contributed by atoms with Crippen LogP contribution in [0.25, 0.3) is 0 Å². The third-order valence-corrected chi connectivity index (χ3v) is 3.69. The van der Waals surface area contributed by atoms with Gasteiger partial charge in [0.1, 0.15) is 6.61 Å². The van der Waals surface area contributed by atoms with Gasteiger partial charge in [0.05, 0.1) is 20.3 Å². The maximum Gasteiger partial charge on any atom is 0.191 e. The average Bonchev–Trinajstić information content (AvgIpc) is 3.07. The lowest BCUT2D eigenvalue weighted by molar-refractivity contribution is 0.196. The summed E-state index contributed by atoms with van der Waals surface area (Å²) in [6.45, 7) is 4.26. The van der Waals surface area contributed by atoms with Crippen LogP contribution in [-0.2, 0) is 20.1 Å². The van der Waals surface area contributed by atoms with Gasteiger partial charge < -0.3 is 29.8 Å². The molecule has 0 bridgehead atoms. The summed E-state index contributed by atoms with van der Waals surface area (Å²) in [6.07, 6.45) is 4.07. The third-order valence-electron chi connectivity index (χ3n) is 3.69. The van der Waals surface area contributed by atoms with Crippen molar-refractivity contribution < 1.29 is 14.6 Å². The minimum atomic E-state index is -0.0314. The van der Waals surface area contributed by atoms with E-state index in [9.17, 15) is 0 Å². The van der Waals surface area contributed by atoms with Crippen LogP contribution in [0, 0.1) is 0 Å². The summed E-state index contributed by atoms with van der Waals surface area (Å²) in [6, 6.07) is 7.78. The Hall–Kier alpha value is -2.67. The second-order valence-corrected chi connectivity index (χ2v) is 5.79. The van der Waals surface area contributed by atoms with E-state index in [2.05, 4.69) is 27.9 Å². The Morgan fingerprint density at radius 1 is 1.19 bits per heavy atom. The molecule has 1 aromatic heterocycles. The molecule has 2 aromatic rings. The number of aliphatic imine (C=N–C) groups is 1. The van der Waals surface area contributed by atoms with Gasteiger partial charge in [-0.3, -0.25) is 0 Å². The summed E-state index contributed by atoms with van der Waals surface area (Å²) < 4.78 is 12.8. The van der Waals surface area contributed by atoms with Gasteiger partial charge in [0.2, 0.25) is 0 Å². The van der Waals surface area contributed by atoms with Crippen LogP contribution < -0.4 is 20.1 Å². The van der Waals surface area contributed by atoms with Gasteiger partial charge in [0.25, 0.3) is 0 Å². The number of aliphatic hydroxyl groups is 1. The number of aryl methyl sites for hydroxylation is 1. The summed E-state index contributed by atoms with van der Waals surface area (Å²) in [5.74, 6) is 2.02. The van der Waals surface area contributed by atoms with Gasteiger partial charge in [0, 0.05) is 32.5 Å². The zero-order valence-corrected chi connectivity index (χ0v) is 15.7. The molecule has 0 aliphatic carbocycles. The lowest BCUT2D eigenvalue weighted by Crippen LogP contribution is -2.36. The number of benzene rings is 1. The molecule has 0 unspecified atom stereocenters. The summed E-state index contributed by atoms with van der Waals surface area (Å²) in [5, 5.41) is 15.4. The van der Waals surface area contributed by atoms with Gasteiger partial charge in [-0.2, -0.15) is 0 Å². The minimum absolute atomic E-state index is 0.0314. The van der Waals surface area contributed by atoms with Gasteiger partial charge in [-0.05, 0) is 36.2 Å². The summed E-state index contributed by atoms with van der Waals surface area (Å²) in [4.78, 5) is 4.61. The number of guanidine groups is 1. The number of nitrogens with one attached hydrogen (secondary N) is 2. The predicted octanol–water partition coefficient (Wildman–Crippen LogP) is 1.66. The van der Waals surface area contributed by atoms with Crippen molar-refractivity contribution in [1.29, 1.82) is 0 Å². The van der Waals surface area contributed by atoms with Crippen LogP contribution in [0.1, 0.15) is 18.1 Å². The molecule has 1 aromatic carbocycles. The molecular formula is C19H28N4O3. The highest BCUT2D eigenvalue weighted by Crippen LogP contribution is 2.27. The molecule has 0 aliphatic heterocycles. The summed E-state index contributed by atoms with van der Waals surface area (Å²) in [7, 11) is 3.60. The van der Waals surface area contributed by atoms with Crippen molar-refractivity contribution in [2.24, 2.45) is 12.0 Å². The van der Waals surface area contributed by atoms with Crippen molar-refractivity contribution in [3.05, 3.63) is 47.8 Å². The lowest BCUT2D eigenvalue weighted by atomic mass is 10.2. The molecule has 0 saturated heterocycles. The van der Waals surface area contributed by atoms with Gasteiger partial charge in [-0.25, -0.2) is 4.99 Å². The number of hydrogen-bond donors (Lipinski definition) is 3. The van der Waals surface area contributed by atoms with E-state index in [0.29, 0.717) is 24.6 Å². The quantitative estimate of drug-likeness (QED) is 0.468. The third kappa shape index (κ3) is 6.00. The lowest BCUT2D eigenvalue weighted by Gasteiger charge is -2.14. The van der Waals surface area contributed by atoms with Crippen molar-refractivity contribution in [3.8, 4) is 11.5 Å². The molecule has 3 N–H and O–H groups in total. The Balaban J connectivity index is 1.99. The molecule has 7 nitrogen and oxygen atoms in total. The van der Waals surface area contributed by atoms with E-state index in [0.717, 1.165) is 23.6 Å². The zero-order valence-electron chi connectivity index (χ0n) is 15.7. The average molecular weight is 360 g/mol. The van der Waals surface area contributed by atoms with Crippen LogP contribution >= 0.6 is 0 Å². The number of methoxy groups -OCH3 is 1. The monoisotopic (exact) mass is 360 g/mol. The van der Waals surface area contributed by atoms with Crippen LogP contribution in [0.15, 0.2) is 41.7 Å². The van der Waals surface area contributed by atoms with Crippen molar-refractivity contribution in [2.75, 3.05) is 26.9 Å². The molecule has 0 amide bonds. The first-order chi connectivity index (χ1) is 12.7. The Bertz CT molecular complexity index is 713. The SMILES string of the molecule is CCNC(=NCc1ccn(C)c1)NCc1ccc(OCCO)c(OC)c1. The molecule has 1 heterocycles. The van der Waals surface area contributed by atoms with Crippen LogP contribution in [0.4, 0.5) is 0 Å². The Morgan fingerprint density at radius 2 is 2.04 bits per heavy atom. The van der Waals surface area contributed by atoms with Crippen molar-refractivity contribution in [2.45, 2.75) is 20.0 Å². The highest BCUT2D eigenvalue weighted by Gasteiger charge is 2.06. The molecule has 2 rings (SSSR count). The number of nitrogens with zero attached hydrogens (tertiary/aromatic N) is 2. The van der Waals surface area contributed by atoms with Crippen LogP contribution in [0.5, 0.6) is 11.5 Å². The Labute approximate surface area is 154 Å². The van der Waals surface area contributed by atoms with E-state index < -0.39 is 0 Å². The summed E-state index contributed by atoms with van der Waals surface area (Å²) >= 11 is 0. The maximum atomic E-state index is 8.88. The first-order valence-electron chi connectivity index (χ1n) is 8.69. The van der Waals surface area contributed by atoms with E-state index in [1.54, 1.807) is 7.11 Å². The molecule has 0 aliphatic rings. The topological polar surface area (TPSA) is 80.0 Å². The maximum absolute atomic E-state index is 8.88. The van der Waals surface area contributed by atoms with E-state index in [4.69, 9.17) is 14.6 Å². The van der Waals surface area contributed by atoms with Gasteiger partial charge in [-0.15, -0.1) is 0 Å². The molecule has 7 heteroatoms. The normalized spacial score (nSPS) is 11.3. The van der Waals surface area contributed by atoms with Crippen LogP contribution in [-0.4, -0.2) is 42.5 Å². The molecule has 142 valence electrons. The number of hydrogen-bond acceptors (Lipinski definition) is 4. The number of ether oxygens (including phenoxy) is 2. The van der Waals surface area contributed by atoms with Crippen molar-refractivity contribution >= 4 is 5.96 Å². The fourth-order valence-corrected chi connectivity index (χ4v) is 2.45. The minimum Gasteiger partial charge on any atom is -0.493 e. The second kappa shape index (κ2) is 10.4. The van der Waals surface area contributed by atoms with E-state index in [-0.39, 0.29) is 13.2 Å². The largest absolute Gasteiger partial charge is 0.493 e. The van der Waals surface area contributed by atoms with Crippen molar-refractivity contribution in [1.82, 2.24) is 15.2 Å². The van der Waals surface area contributed by atoms with E-state index in [1.807, 2.05) is 42.9 Å².